The molecule has 1 aliphatic heterocycles. The summed E-state index contributed by atoms with van der Waals surface area (Å²) in [6.45, 7) is 2.06. The molecule has 0 aromatic carbocycles. The SMILES string of the molecule is C[C@H](OC(=O)[C@H]1CC(=O)N(C2CCCC2)C1)C(=O)NC1CCCCCC1. The lowest BCUT2D eigenvalue weighted by Gasteiger charge is -2.24. The molecular formula is C20H32N2O4. The van der Waals surface area contributed by atoms with Crippen molar-refractivity contribution in [2.24, 2.45) is 5.92 Å². The lowest BCUT2D eigenvalue weighted by Crippen LogP contribution is -2.42. The highest BCUT2D eigenvalue weighted by Gasteiger charge is 2.40. The Morgan fingerprint density at radius 1 is 1.04 bits per heavy atom. The molecule has 6 heteroatoms. The smallest absolute Gasteiger partial charge is 0.312 e. The third-order valence-corrected chi connectivity index (χ3v) is 6.12. The summed E-state index contributed by atoms with van der Waals surface area (Å²) in [6.07, 6.45) is 10.5. The van der Waals surface area contributed by atoms with Crippen LogP contribution < -0.4 is 5.32 Å². The molecule has 0 aromatic heterocycles. The number of esters is 1. The van der Waals surface area contributed by atoms with Gasteiger partial charge in [-0.25, -0.2) is 0 Å². The van der Waals surface area contributed by atoms with Gasteiger partial charge < -0.3 is 15.0 Å². The van der Waals surface area contributed by atoms with Crippen LogP contribution in [0.4, 0.5) is 0 Å². The minimum Gasteiger partial charge on any atom is -0.452 e. The van der Waals surface area contributed by atoms with Gasteiger partial charge >= 0.3 is 5.97 Å². The highest BCUT2D eigenvalue weighted by atomic mass is 16.5. The highest BCUT2D eigenvalue weighted by Crippen LogP contribution is 2.30. The van der Waals surface area contributed by atoms with E-state index in [0.717, 1.165) is 51.4 Å². The van der Waals surface area contributed by atoms with E-state index in [1.165, 1.54) is 12.8 Å². The van der Waals surface area contributed by atoms with Gasteiger partial charge in [0, 0.05) is 25.0 Å². The monoisotopic (exact) mass is 364 g/mol. The Labute approximate surface area is 156 Å². The van der Waals surface area contributed by atoms with Gasteiger partial charge in [-0.15, -0.1) is 0 Å². The lowest BCUT2D eigenvalue weighted by atomic mass is 10.1. The molecule has 2 amide bonds. The van der Waals surface area contributed by atoms with Crippen LogP contribution in [0.1, 0.15) is 77.6 Å². The van der Waals surface area contributed by atoms with E-state index >= 15 is 0 Å². The Kier molecular flexibility index (Phi) is 6.54. The summed E-state index contributed by atoms with van der Waals surface area (Å²) in [6, 6.07) is 0.480. The Morgan fingerprint density at radius 2 is 1.65 bits per heavy atom. The third kappa shape index (κ3) is 4.77. The van der Waals surface area contributed by atoms with Gasteiger partial charge in [-0.2, -0.15) is 0 Å². The van der Waals surface area contributed by atoms with Crippen molar-refractivity contribution in [3.63, 3.8) is 0 Å². The first-order chi connectivity index (χ1) is 12.5. The fourth-order valence-corrected chi connectivity index (χ4v) is 4.52. The van der Waals surface area contributed by atoms with Crippen molar-refractivity contribution in [3.8, 4) is 0 Å². The molecule has 0 bridgehead atoms. The minimum absolute atomic E-state index is 0.0504. The molecule has 1 N–H and O–H groups in total. The van der Waals surface area contributed by atoms with E-state index in [1.54, 1.807) is 6.92 Å². The number of nitrogens with one attached hydrogen (secondary N) is 1. The molecule has 0 unspecified atom stereocenters. The number of likely N-dealkylation sites (tertiary alicyclic amines) is 1. The van der Waals surface area contributed by atoms with E-state index in [0.29, 0.717) is 6.54 Å². The van der Waals surface area contributed by atoms with Crippen molar-refractivity contribution in [1.82, 2.24) is 10.2 Å². The predicted octanol–water partition coefficient (Wildman–Crippen LogP) is 2.55. The summed E-state index contributed by atoms with van der Waals surface area (Å²) < 4.78 is 5.40. The van der Waals surface area contributed by atoms with E-state index in [2.05, 4.69) is 5.32 Å². The zero-order chi connectivity index (χ0) is 18.5. The van der Waals surface area contributed by atoms with E-state index in [1.807, 2.05) is 4.90 Å². The summed E-state index contributed by atoms with van der Waals surface area (Å²) in [5, 5.41) is 3.02. The average molecular weight is 364 g/mol. The maximum Gasteiger partial charge on any atom is 0.312 e. The summed E-state index contributed by atoms with van der Waals surface area (Å²) in [5.74, 6) is -1.02. The van der Waals surface area contributed by atoms with Crippen LogP contribution in [0.2, 0.25) is 0 Å². The Morgan fingerprint density at radius 3 is 2.31 bits per heavy atom. The zero-order valence-corrected chi connectivity index (χ0v) is 15.9. The molecule has 1 saturated heterocycles. The third-order valence-electron chi connectivity index (χ3n) is 6.12. The molecule has 0 spiro atoms. The van der Waals surface area contributed by atoms with Crippen LogP contribution in [0.15, 0.2) is 0 Å². The van der Waals surface area contributed by atoms with Crippen LogP contribution >= 0.6 is 0 Å². The topological polar surface area (TPSA) is 75.7 Å². The molecule has 6 nitrogen and oxygen atoms in total. The van der Waals surface area contributed by atoms with Crippen LogP contribution in [0.5, 0.6) is 0 Å². The van der Waals surface area contributed by atoms with Crippen molar-refractivity contribution >= 4 is 17.8 Å². The normalized spacial score (nSPS) is 26.6. The van der Waals surface area contributed by atoms with Gasteiger partial charge in [0.15, 0.2) is 6.10 Å². The molecule has 1 heterocycles. The maximum absolute atomic E-state index is 12.4. The first-order valence-corrected chi connectivity index (χ1v) is 10.3. The van der Waals surface area contributed by atoms with E-state index in [-0.39, 0.29) is 30.3 Å². The van der Waals surface area contributed by atoms with Gasteiger partial charge in [-0.05, 0) is 32.6 Å². The number of amides is 2. The Balaban J connectivity index is 1.46. The van der Waals surface area contributed by atoms with Crippen molar-refractivity contribution in [2.75, 3.05) is 6.54 Å². The largest absolute Gasteiger partial charge is 0.452 e. The molecule has 26 heavy (non-hydrogen) atoms. The molecule has 2 saturated carbocycles. The van der Waals surface area contributed by atoms with E-state index in [4.69, 9.17) is 4.74 Å². The molecule has 3 rings (SSSR count). The molecule has 146 valence electrons. The predicted molar refractivity (Wildman–Crippen MR) is 97.3 cm³/mol. The maximum atomic E-state index is 12.4. The van der Waals surface area contributed by atoms with Crippen LogP contribution in [0.3, 0.4) is 0 Å². The van der Waals surface area contributed by atoms with Crippen molar-refractivity contribution in [1.29, 1.82) is 0 Å². The van der Waals surface area contributed by atoms with E-state index < -0.39 is 18.0 Å². The molecule has 3 fully saturated rings. The first kappa shape index (κ1) is 19.2. The first-order valence-electron chi connectivity index (χ1n) is 10.3. The van der Waals surface area contributed by atoms with Gasteiger partial charge in [0.05, 0.1) is 5.92 Å². The standard InChI is InChI=1S/C20H32N2O4/c1-14(19(24)21-16-8-4-2-3-5-9-16)26-20(25)15-12-18(23)22(13-15)17-10-6-7-11-17/h14-17H,2-13H2,1H3,(H,21,24)/t14-,15-/m0/s1. The number of hydrogen-bond acceptors (Lipinski definition) is 4. The second-order valence-electron chi connectivity index (χ2n) is 8.16. The van der Waals surface area contributed by atoms with Crippen molar-refractivity contribution in [3.05, 3.63) is 0 Å². The highest BCUT2D eigenvalue weighted by molar-refractivity contribution is 5.89. The number of carbonyl (C=O) groups is 3. The second kappa shape index (κ2) is 8.87. The van der Waals surface area contributed by atoms with Crippen LogP contribution in [0.25, 0.3) is 0 Å². The quantitative estimate of drug-likeness (QED) is 0.601. The fourth-order valence-electron chi connectivity index (χ4n) is 4.52. The Hall–Kier alpha value is -1.59. The second-order valence-corrected chi connectivity index (χ2v) is 8.16. The summed E-state index contributed by atoms with van der Waals surface area (Å²) in [5.41, 5.74) is 0. The number of ether oxygens (including phenoxy) is 1. The molecule has 2 aliphatic carbocycles. The minimum atomic E-state index is -0.804. The van der Waals surface area contributed by atoms with Gasteiger partial charge in [0.2, 0.25) is 5.91 Å². The summed E-state index contributed by atoms with van der Waals surface area (Å²) in [7, 11) is 0. The fraction of sp³-hybridized carbons (Fsp3) is 0.850. The molecule has 0 radical (unpaired) electrons. The summed E-state index contributed by atoms with van der Waals surface area (Å²) >= 11 is 0. The van der Waals surface area contributed by atoms with Crippen molar-refractivity contribution < 1.29 is 19.1 Å². The van der Waals surface area contributed by atoms with Crippen LogP contribution in [0, 0.1) is 5.92 Å². The lowest BCUT2D eigenvalue weighted by molar-refractivity contribution is -0.158. The number of nitrogens with zero attached hydrogens (tertiary/aromatic N) is 1. The summed E-state index contributed by atoms with van der Waals surface area (Å²) in [4.78, 5) is 38.9. The number of hydrogen-bond donors (Lipinski definition) is 1. The number of rotatable bonds is 5. The van der Waals surface area contributed by atoms with Gasteiger partial charge in [0.1, 0.15) is 0 Å². The molecule has 2 atom stereocenters. The molecular weight excluding hydrogens is 332 g/mol. The number of carbonyl (C=O) groups excluding carboxylic acids is 3. The Bertz CT molecular complexity index is 522. The average Bonchev–Trinajstić information content (AvgIpc) is 3.19. The van der Waals surface area contributed by atoms with Crippen LogP contribution in [-0.2, 0) is 19.1 Å². The zero-order valence-electron chi connectivity index (χ0n) is 15.9. The van der Waals surface area contributed by atoms with Gasteiger partial charge in [-0.1, -0.05) is 38.5 Å². The van der Waals surface area contributed by atoms with E-state index in [9.17, 15) is 14.4 Å². The van der Waals surface area contributed by atoms with Gasteiger partial charge in [-0.3, -0.25) is 14.4 Å². The molecule has 0 aromatic rings. The van der Waals surface area contributed by atoms with Crippen molar-refractivity contribution in [2.45, 2.75) is 95.7 Å². The van der Waals surface area contributed by atoms with Gasteiger partial charge in [0.25, 0.3) is 5.91 Å². The molecule has 3 aliphatic rings. The van der Waals surface area contributed by atoms with Crippen LogP contribution in [-0.4, -0.2) is 47.4 Å².